The highest BCUT2D eigenvalue weighted by atomic mass is 35.5. The van der Waals surface area contributed by atoms with Gasteiger partial charge in [0.05, 0.1) is 34.6 Å². The molecule has 35 heavy (non-hydrogen) atoms. The van der Waals surface area contributed by atoms with Crippen molar-refractivity contribution < 1.29 is 18.0 Å². The number of nitrogens with one attached hydrogen (secondary N) is 1. The Hall–Kier alpha value is -3.15. The number of aromatic nitrogens is 2. The van der Waals surface area contributed by atoms with Crippen LogP contribution < -0.4 is 5.32 Å². The fourth-order valence-electron chi connectivity index (χ4n) is 3.86. The zero-order valence-corrected chi connectivity index (χ0v) is 21.0. The highest BCUT2D eigenvalue weighted by Gasteiger charge is 2.28. The van der Waals surface area contributed by atoms with Gasteiger partial charge >= 0.3 is 0 Å². The Morgan fingerprint density at radius 2 is 2.03 bits per heavy atom. The molecule has 12 heteroatoms. The van der Waals surface area contributed by atoms with E-state index in [1.807, 2.05) is 23.1 Å². The molecule has 180 valence electrons. The summed E-state index contributed by atoms with van der Waals surface area (Å²) in [6.07, 6.45) is 4.65. The third kappa shape index (κ3) is 4.97. The second-order valence-electron chi connectivity index (χ2n) is 8.23. The first-order valence-corrected chi connectivity index (χ1v) is 13.7. The minimum Gasteiger partial charge on any atom is -0.353 e. The lowest BCUT2D eigenvalue weighted by Crippen LogP contribution is -2.49. The van der Waals surface area contributed by atoms with Crippen molar-refractivity contribution >= 4 is 67.2 Å². The monoisotopic (exact) mass is 529 g/mol. The van der Waals surface area contributed by atoms with Crippen molar-refractivity contribution in [3.63, 3.8) is 0 Å². The Kier molecular flexibility index (Phi) is 6.16. The quantitative estimate of drug-likeness (QED) is 0.517. The molecule has 1 saturated heterocycles. The van der Waals surface area contributed by atoms with Crippen LogP contribution in [0.15, 0.2) is 57.4 Å². The van der Waals surface area contributed by atoms with Gasteiger partial charge in [-0.05, 0) is 53.2 Å². The molecule has 0 bridgehead atoms. The number of sulfone groups is 1. The minimum absolute atomic E-state index is 0.0838. The summed E-state index contributed by atoms with van der Waals surface area (Å²) in [5.74, 6) is -0.404. The van der Waals surface area contributed by atoms with Crippen LogP contribution in [0.1, 0.15) is 11.1 Å². The van der Waals surface area contributed by atoms with Gasteiger partial charge in [-0.2, -0.15) is 10.1 Å². The Balaban J connectivity index is 1.34. The molecule has 5 rings (SSSR count). The molecule has 0 unspecified atom stereocenters. The minimum atomic E-state index is -3.34. The molecule has 3 heterocycles. The van der Waals surface area contributed by atoms with E-state index in [-0.39, 0.29) is 23.3 Å². The molecule has 1 aromatic heterocycles. The van der Waals surface area contributed by atoms with Crippen molar-refractivity contribution in [3.8, 4) is 0 Å². The summed E-state index contributed by atoms with van der Waals surface area (Å²) < 4.78 is 25.3. The molecule has 1 N–H and O–H groups in total. The Labute approximate surface area is 210 Å². The third-order valence-corrected chi connectivity index (χ3v) is 8.16. The normalized spacial score (nSPS) is 17.8. The number of piperazine rings is 1. The van der Waals surface area contributed by atoms with Gasteiger partial charge in [0.2, 0.25) is 5.91 Å². The number of benzene rings is 2. The summed E-state index contributed by atoms with van der Waals surface area (Å²) in [6, 6.07) is 10.4. The van der Waals surface area contributed by atoms with E-state index in [1.54, 1.807) is 23.0 Å². The van der Waals surface area contributed by atoms with Crippen molar-refractivity contribution in [3.05, 3.63) is 63.6 Å². The zero-order chi connectivity index (χ0) is 24.7. The van der Waals surface area contributed by atoms with Crippen LogP contribution in [0.4, 0.5) is 0 Å². The van der Waals surface area contributed by atoms with Crippen LogP contribution in [0.5, 0.6) is 0 Å². The van der Waals surface area contributed by atoms with E-state index in [4.69, 9.17) is 11.6 Å². The molecule has 1 fully saturated rings. The number of nitrogens with zero attached hydrogens (tertiary/aromatic N) is 4. The maximum Gasteiger partial charge on any atom is 0.286 e. The predicted octanol–water partition coefficient (Wildman–Crippen LogP) is 2.54. The highest BCUT2D eigenvalue weighted by molar-refractivity contribution is 8.18. The second kappa shape index (κ2) is 9.14. The summed E-state index contributed by atoms with van der Waals surface area (Å²) in [6.45, 7) is 1.71. The van der Waals surface area contributed by atoms with Gasteiger partial charge in [-0.15, -0.1) is 0 Å². The van der Waals surface area contributed by atoms with Crippen molar-refractivity contribution in [2.75, 3.05) is 25.9 Å². The molecular weight excluding hydrogens is 510 g/mol. The fraction of sp³-hybridized carbons (Fsp3) is 0.217. The number of thioether (sulfide) groups is 1. The molecular formula is C23H20ClN5O4S2. The Morgan fingerprint density at radius 3 is 2.77 bits per heavy atom. The molecule has 0 radical (unpaired) electrons. The zero-order valence-electron chi connectivity index (χ0n) is 18.6. The van der Waals surface area contributed by atoms with Crippen molar-refractivity contribution in [2.45, 2.75) is 11.4 Å². The molecule has 0 spiro atoms. The molecule has 3 aromatic rings. The van der Waals surface area contributed by atoms with E-state index in [2.05, 4.69) is 15.4 Å². The summed E-state index contributed by atoms with van der Waals surface area (Å²) in [5.41, 5.74) is 2.45. The van der Waals surface area contributed by atoms with Crippen molar-refractivity contribution in [1.82, 2.24) is 20.0 Å². The number of amides is 2. The van der Waals surface area contributed by atoms with Crippen LogP contribution >= 0.6 is 23.4 Å². The highest BCUT2D eigenvalue weighted by Crippen LogP contribution is 2.31. The van der Waals surface area contributed by atoms with Gasteiger partial charge in [0, 0.05) is 29.8 Å². The van der Waals surface area contributed by atoms with Gasteiger partial charge < -0.3 is 10.2 Å². The number of hydrogen-bond donors (Lipinski definition) is 1. The average molecular weight is 530 g/mol. The molecule has 2 amide bonds. The molecule has 2 aromatic carbocycles. The molecule has 0 aliphatic carbocycles. The first-order chi connectivity index (χ1) is 16.7. The number of fused-ring (bicyclic) bond motifs is 1. The first kappa shape index (κ1) is 23.6. The number of rotatable bonds is 4. The molecule has 9 nitrogen and oxygen atoms in total. The maximum absolute atomic E-state index is 12.4. The average Bonchev–Trinajstić information content (AvgIpc) is 3.37. The number of halogens is 1. The first-order valence-electron chi connectivity index (χ1n) is 10.7. The number of amidine groups is 1. The molecule has 2 aliphatic heterocycles. The summed E-state index contributed by atoms with van der Waals surface area (Å²) in [4.78, 5) is 30.7. The topological polar surface area (TPSA) is 114 Å². The lowest BCUT2D eigenvalue weighted by molar-refractivity contribution is -0.123. The predicted molar refractivity (Wildman–Crippen MR) is 136 cm³/mol. The molecule has 2 aliphatic rings. The van der Waals surface area contributed by atoms with Crippen LogP contribution in [0.2, 0.25) is 5.02 Å². The summed E-state index contributed by atoms with van der Waals surface area (Å²) in [7, 11) is -3.34. The van der Waals surface area contributed by atoms with Crippen LogP contribution in [0.25, 0.3) is 17.0 Å². The van der Waals surface area contributed by atoms with Gasteiger partial charge in [-0.3, -0.25) is 14.3 Å². The number of carbonyl (C=O) groups excluding carboxylic acids is 2. The van der Waals surface area contributed by atoms with E-state index in [1.165, 1.54) is 23.9 Å². The fourth-order valence-corrected chi connectivity index (χ4v) is 5.75. The largest absolute Gasteiger partial charge is 0.353 e. The Morgan fingerprint density at radius 1 is 1.20 bits per heavy atom. The van der Waals surface area contributed by atoms with Gasteiger partial charge in [-0.25, -0.2) is 8.42 Å². The molecule has 0 saturated carbocycles. The standard InChI is InChI=1S/C23H20ClN5O4S2/c1-35(32,33)17-4-3-15(18(24)10-17)12-29-19-5-2-14(8-16(19)11-26-29)9-20-22(31)27-23(34-20)28-7-6-25-21(30)13-28/h2-5,8-11H,6-7,12-13H2,1H3,(H,25,30). The summed E-state index contributed by atoms with van der Waals surface area (Å²) in [5, 5.41) is 9.00. The smallest absolute Gasteiger partial charge is 0.286 e. The Bertz CT molecular complexity index is 1540. The van der Waals surface area contributed by atoms with Gasteiger partial charge in [0.15, 0.2) is 15.0 Å². The van der Waals surface area contributed by atoms with Gasteiger partial charge in [-0.1, -0.05) is 23.7 Å². The van der Waals surface area contributed by atoms with Crippen molar-refractivity contribution in [1.29, 1.82) is 0 Å². The van der Waals surface area contributed by atoms with Crippen molar-refractivity contribution in [2.24, 2.45) is 4.99 Å². The van der Waals surface area contributed by atoms with Crippen LogP contribution in [0, 0.1) is 0 Å². The van der Waals surface area contributed by atoms with Crippen LogP contribution in [-0.4, -0.2) is 66.0 Å². The lowest BCUT2D eigenvalue weighted by atomic mass is 10.1. The van der Waals surface area contributed by atoms with Crippen LogP contribution in [0.3, 0.4) is 0 Å². The maximum atomic E-state index is 12.4. The lowest BCUT2D eigenvalue weighted by Gasteiger charge is -2.27. The molecule has 0 atom stereocenters. The third-order valence-electron chi connectivity index (χ3n) is 5.65. The SMILES string of the molecule is CS(=O)(=O)c1ccc(Cn2ncc3cc(C=C4SC(N5CCNC(=O)C5)=NC4=O)ccc32)c(Cl)c1. The van der Waals surface area contributed by atoms with Gasteiger partial charge in [0.25, 0.3) is 5.91 Å². The number of carbonyl (C=O) groups is 2. The van der Waals surface area contributed by atoms with Crippen LogP contribution in [-0.2, 0) is 26.0 Å². The van der Waals surface area contributed by atoms with E-state index in [0.717, 1.165) is 28.3 Å². The van der Waals surface area contributed by atoms with E-state index < -0.39 is 9.84 Å². The number of aliphatic imine (C=N–C) groups is 1. The van der Waals surface area contributed by atoms with E-state index >= 15 is 0 Å². The van der Waals surface area contributed by atoms with Gasteiger partial charge in [0.1, 0.15) is 0 Å². The van der Waals surface area contributed by atoms with E-state index in [0.29, 0.717) is 34.7 Å². The number of hydrogen-bond acceptors (Lipinski definition) is 7. The second-order valence-corrected chi connectivity index (χ2v) is 11.7. The summed E-state index contributed by atoms with van der Waals surface area (Å²) >= 11 is 7.60. The van der Waals surface area contributed by atoms with E-state index in [9.17, 15) is 18.0 Å².